The van der Waals surface area contributed by atoms with E-state index in [1.807, 2.05) is 24.3 Å². The number of benzene rings is 2. The predicted molar refractivity (Wildman–Crippen MR) is 112 cm³/mol. The molecule has 1 fully saturated rings. The van der Waals surface area contributed by atoms with Gasteiger partial charge in [0.25, 0.3) is 5.91 Å². The van der Waals surface area contributed by atoms with Crippen LogP contribution >= 0.6 is 0 Å². The van der Waals surface area contributed by atoms with Gasteiger partial charge in [-0.25, -0.2) is 4.98 Å². The van der Waals surface area contributed by atoms with E-state index in [0.29, 0.717) is 36.2 Å². The van der Waals surface area contributed by atoms with Crippen molar-refractivity contribution in [3.05, 3.63) is 48.0 Å². The van der Waals surface area contributed by atoms with Crippen LogP contribution in [-0.4, -0.2) is 66.4 Å². The number of nitrogens with zero attached hydrogens (tertiary/aromatic N) is 3. The van der Waals surface area contributed by atoms with Gasteiger partial charge in [-0.3, -0.25) is 15.0 Å². The van der Waals surface area contributed by atoms with Crippen molar-refractivity contribution in [2.24, 2.45) is 0 Å². The monoisotopic (exact) mass is 408 g/mol. The molecule has 2 aromatic carbocycles. The van der Waals surface area contributed by atoms with Crippen molar-refractivity contribution in [2.75, 3.05) is 51.4 Å². The summed E-state index contributed by atoms with van der Waals surface area (Å²) in [5.41, 5.74) is 2.37. The number of anilines is 1. The van der Waals surface area contributed by atoms with Crippen LogP contribution in [0.15, 0.2) is 42.5 Å². The maximum Gasteiger partial charge on any atom is 0.258 e. The molecule has 8 heteroatoms. The van der Waals surface area contributed by atoms with Gasteiger partial charge in [0.2, 0.25) is 5.95 Å². The summed E-state index contributed by atoms with van der Waals surface area (Å²) in [5.74, 6) is 1.57. The highest BCUT2D eigenvalue weighted by Gasteiger charge is 2.19. The molecule has 1 amide bonds. The summed E-state index contributed by atoms with van der Waals surface area (Å²) in [6.07, 6.45) is 0. The molecule has 1 N–H and O–H groups in total. The molecule has 0 unspecified atom stereocenters. The molecule has 1 saturated heterocycles. The smallest absolute Gasteiger partial charge is 0.258 e. The summed E-state index contributed by atoms with van der Waals surface area (Å²) in [6.45, 7) is 5.97. The highest BCUT2D eigenvalue weighted by atomic mass is 16.6. The number of para-hydroxylation sites is 2. The van der Waals surface area contributed by atoms with Crippen LogP contribution in [0.2, 0.25) is 0 Å². The van der Waals surface area contributed by atoms with Crippen molar-refractivity contribution < 1.29 is 19.0 Å². The lowest BCUT2D eigenvalue weighted by atomic mass is 10.2. The molecule has 0 atom stereocenters. The molecule has 2 aliphatic rings. The molecule has 0 spiro atoms. The number of ether oxygens (including phenoxy) is 3. The van der Waals surface area contributed by atoms with Crippen LogP contribution < -0.4 is 14.8 Å². The van der Waals surface area contributed by atoms with Crippen molar-refractivity contribution in [3.8, 4) is 11.5 Å². The fraction of sp³-hybridized carbons (Fsp3) is 0.364. The molecule has 3 heterocycles. The molecule has 5 rings (SSSR count). The lowest BCUT2D eigenvalue weighted by molar-refractivity contribution is 0.0366. The van der Waals surface area contributed by atoms with Crippen molar-refractivity contribution >= 4 is 22.9 Å². The molecular formula is C22H24N4O4. The van der Waals surface area contributed by atoms with E-state index in [2.05, 4.69) is 19.8 Å². The average Bonchev–Trinajstić information content (AvgIpc) is 3.15. The van der Waals surface area contributed by atoms with Gasteiger partial charge < -0.3 is 18.8 Å². The summed E-state index contributed by atoms with van der Waals surface area (Å²) in [5, 5.41) is 2.98. The first kappa shape index (κ1) is 18.9. The third-order valence-electron chi connectivity index (χ3n) is 5.43. The van der Waals surface area contributed by atoms with E-state index in [0.717, 1.165) is 50.4 Å². The molecule has 1 aromatic heterocycles. The predicted octanol–water partition coefficient (Wildman–Crippen LogP) is 2.39. The van der Waals surface area contributed by atoms with Gasteiger partial charge in [0.1, 0.15) is 13.2 Å². The summed E-state index contributed by atoms with van der Waals surface area (Å²) >= 11 is 0. The first-order valence-corrected chi connectivity index (χ1v) is 10.2. The zero-order chi connectivity index (χ0) is 20.3. The molecule has 2 aliphatic heterocycles. The first-order valence-electron chi connectivity index (χ1n) is 10.2. The number of hydrogen-bond acceptors (Lipinski definition) is 6. The van der Waals surface area contributed by atoms with Crippen molar-refractivity contribution in [3.63, 3.8) is 0 Å². The van der Waals surface area contributed by atoms with Crippen molar-refractivity contribution in [1.82, 2.24) is 14.5 Å². The Morgan fingerprint density at radius 1 is 0.967 bits per heavy atom. The number of carbonyl (C=O) groups is 1. The molecule has 156 valence electrons. The number of hydrogen-bond donors (Lipinski definition) is 1. The number of nitrogens with one attached hydrogen (secondary N) is 1. The third-order valence-corrected chi connectivity index (χ3v) is 5.43. The van der Waals surface area contributed by atoms with Gasteiger partial charge in [-0.15, -0.1) is 0 Å². The summed E-state index contributed by atoms with van der Waals surface area (Å²) < 4.78 is 18.6. The Kier molecular flexibility index (Phi) is 5.25. The summed E-state index contributed by atoms with van der Waals surface area (Å²) in [4.78, 5) is 20.0. The topological polar surface area (TPSA) is 77.9 Å². The number of imidazole rings is 1. The molecule has 0 saturated carbocycles. The first-order chi connectivity index (χ1) is 14.8. The molecule has 0 bridgehead atoms. The molecule has 8 nitrogen and oxygen atoms in total. The minimum absolute atomic E-state index is 0.227. The Bertz CT molecular complexity index is 1060. The van der Waals surface area contributed by atoms with Gasteiger partial charge >= 0.3 is 0 Å². The van der Waals surface area contributed by atoms with E-state index in [1.54, 1.807) is 18.2 Å². The largest absolute Gasteiger partial charge is 0.486 e. The quantitative estimate of drug-likeness (QED) is 0.699. The van der Waals surface area contributed by atoms with E-state index < -0.39 is 0 Å². The van der Waals surface area contributed by atoms with Crippen LogP contribution in [0.4, 0.5) is 5.95 Å². The van der Waals surface area contributed by atoms with Gasteiger partial charge in [0, 0.05) is 31.7 Å². The number of fused-ring (bicyclic) bond motifs is 2. The van der Waals surface area contributed by atoms with Crippen LogP contribution in [0.3, 0.4) is 0 Å². The van der Waals surface area contributed by atoms with E-state index in [1.165, 1.54) is 0 Å². The maximum atomic E-state index is 12.9. The van der Waals surface area contributed by atoms with Crippen LogP contribution in [0.25, 0.3) is 11.0 Å². The van der Waals surface area contributed by atoms with Gasteiger partial charge in [-0.2, -0.15) is 0 Å². The molecular weight excluding hydrogens is 384 g/mol. The highest BCUT2D eigenvalue weighted by molar-refractivity contribution is 6.04. The van der Waals surface area contributed by atoms with Crippen LogP contribution in [0.1, 0.15) is 10.4 Å². The van der Waals surface area contributed by atoms with Gasteiger partial charge in [0.05, 0.1) is 24.2 Å². The second kappa shape index (κ2) is 8.33. The normalized spacial score (nSPS) is 16.5. The van der Waals surface area contributed by atoms with Crippen LogP contribution in [0, 0.1) is 0 Å². The lowest BCUT2D eigenvalue weighted by Crippen LogP contribution is -2.38. The van der Waals surface area contributed by atoms with E-state index in [9.17, 15) is 4.79 Å². The van der Waals surface area contributed by atoms with Crippen molar-refractivity contribution in [2.45, 2.75) is 6.54 Å². The Morgan fingerprint density at radius 3 is 2.63 bits per heavy atom. The van der Waals surface area contributed by atoms with Gasteiger partial charge in [-0.1, -0.05) is 12.1 Å². The maximum absolute atomic E-state index is 12.9. The van der Waals surface area contributed by atoms with E-state index >= 15 is 0 Å². The zero-order valence-corrected chi connectivity index (χ0v) is 16.7. The Morgan fingerprint density at radius 2 is 1.77 bits per heavy atom. The molecule has 0 radical (unpaired) electrons. The molecule has 0 aliphatic carbocycles. The van der Waals surface area contributed by atoms with Gasteiger partial charge in [0.15, 0.2) is 11.5 Å². The minimum atomic E-state index is -0.227. The van der Waals surface area contributed by atoms with E-state index in [-0.39, 0.29) is 5.91 Å². The highest BCUT2D eigenvalue weighted by Crippen LogP contribution is 2.31. The zero-order valence-electron chi connectivity index (χ0n) is 16.7. The second-order valence-corrected chi connectivity index (χ2v) is 7.34. The van der Waals surface area contributed by atoms with Crippen molar-refractivity contribution in [1.29, 1.82) is 0 Å². The lowest BCUT2D eigenvalue weighted by Gasteiger charge is -2.26. The molecule has 30 heavy (non-hydrogen) atoms. The second-order valence-electron chi connectivity index (χ2n) is 7.34. The van der Waals surface area contributed by atoms with Gasteiger partial charge in [-0.05, 0) is 30.3 Å². The van der Waals surface area contributed by atoms with Crippen LogP contribution in [-0.2, 0) is 11.3 Å². The fourth-order valence-electron chi connectivity index (χ4n) is 3.82. The van der Waals surface area contributed by atoms with E-state index in [4.69, 9.17) is 14.2 Å². The average molecular weight is 408 g/mol. The number of carbonyl (C=O) groups excluding carboxylic acids is 1. The number of amides is 1. The standard InChI is InChI=1S/C22H24N4O4/c27-21(16-5-6-19-20(15-16)30-14-13-29-19)24-22-23-17-3-1-2-4-18(17)26(22)8-7-25-9-11-28-12-10-25/h1-6,15H,7-14H2,(H,23,24,27). The fourth-order valence-corrected chi connectivity index (χ4v) is 3.82. The SMILES string of the molecule is O=C(Nc1nc2ccccc2n1CCN1CCOCC1)c1ccc2c(c1)OCCO2. The van der Waals surface area contributed by atoms with Crippen LogP contribution in [0.5, 0.6) is 11.5 Å². The summed E-state index contributed by atoms with van der Waals surface area (Å²) in [7, 11) is 0. The summed E-state index contributed by atoms with van der Waals surface area (Å²) in [6, 6.07) is 13.1. The number of rotatable bonds is 5. The minimum Gasteiger partial charge on any atom is -0.486 e. The molecule has 3 aromatic rings. The number of morpholine rings is 1. The Hall–Kier alpha value is -3.10. The Balaban J connectivity index is 1.38. The number of aromatic nitrogens is 2. The Labute approximate surface area is 174 Å². The third kappa shape index (κ3) is 3.83.